The number of hydrogen-bond donors (Lipinski definition) is 2. The first-order valence-electron chi connectivity index (χ1n) is 10.8. The highest BCUT2D eigenvalue weighted by Gasteiger charge is 2.27. The van der Waals surface area contributed by atoms with Crippen molar-refractivity contribution >= 4 is 22.8 Å². The molecule has 4 rings (SSSR count). The Morgan fingerprint density at radius 2 is 1.97 bits per heavy atom. The van der Waals surface area contributed by atoms with Crippen molar-refractivity contribution in [3.63, 3.8) is 0 Å². The van der Waals surface area contributed by atoms with Gasteiger partial charge >= 0.3 is 0 Å². The first-order valence-corrected chi connectivity index (χ1v) is 10.8. The Morgan fingerprint density at radius 1 is 1.24 bits per heavy atom. The number of nitrogens with one attached hydrogen (secondary N) is 2. The molecule has 0 radical (unpaired) electrons. The Labute approximate surface area is 195 Å². The first-order chi connectivity index (χ1) is 16.4. The fourth-order valence-corrected chi connectivity index (χ4v) is 4.02. The molecule has 1 amide bonds. The van der Waals surface area contributed by atoms with E-state index in [0.717, 1.165) is 0 Å². The molecule has 2 aromatic heterocycles. The van der Waals surface area contributed by atoms with Crippen LogP contribution >= 0.6 is 0 Å². The van der Waals surface area contributed by atoms with Crippen LogP contribution in [0.4, 0.5) is 14.6 Å². The summed E-state index contributed by atoms with van der Waals surface area (Å²) in [5, 5.41) is 6.23. The number of hydrogen-bond acceptors (Lipinski definition) is 6. The summed E-state index contributed by atoms with van der Waals surface area (Å²) >= 11 is 0. The third-order valence-corrected chi connectivity index (χ3v) is 5.82. The van der Waals surface area contributed by atoms with Gasteiger partial charge in [0, 0.05) is 18.9 Å². The highest BCUT2D eigenvalue weighted by Crippen LogP contribution is 2.32. The minimum Gasteiger partial charge on any atom is -0.494 e. The van der Waals surface area contributed by atoms with Crippen molar-refractivity contribution in [1.82, 2.24) is 14.9 Å². The zero-order valence-corrected chi connectivity index (χ0v) is 18.9. The minimum atomic E-state index is -0.779. The molecule has 1 aliphatic rings. The number of rotatable bonds is 8. The Bertz CT molecular complexity index is 1190. The molecule has 3 aromatic rings. The van der Waals surface area contributed by atoms with Gasteiger partial charge < -0.3 is 29.4 Å². The summed E-state index contributed by atoms with van der Waals surface area (Å²) in [7, 11) is 2.63. The van der Waals surface area contributed by atoms with Crippen molar-refractivity contribution in [2.45, 2.75) is 25.0 Å². The summed E-state index contributed by atoms with van der Waals surface area (Å²) in [4.78, 5) is 16.4. The monoisotopic (exact) mass is 472 g/mol. The summed E-state index contributed by atoms with van der Waals surface area (Å²) in [6, 6.07) is 6.24. The van der Waals surface area contributed by atoms with Crippen LogP contribution in [0.2, 0.25) is 0 Å². The number of aromatic nitrogens is 2. The molecule has 1 aromatic carbocycles. The molecular formula is C24H26F2N4O4. The molecule has 2 unspecified atom stereocenters. The van der Waals surface area contributed by atoms with E-state index in [4.69, 9.17) is 14.2 Å². The van der Waals surface area contributed by atoms with Crippen LogP contribution in [0.1, 0.15) is 12.0 Å². The zero-order valence-electron chi connectivity index (χ0n) is 18.9. The maximum Gasteiger partial charge on any atom is 0.243 e. The predicted molar refractivity (Wildman–Crippen MR) is 123 cm³/mol. The van der Waals surface area contributed by atoms with Gasteiger partial charge in [0.2, 0.25) is 5.91 Å². The highest BCUT2D eigenvalue weighted by molar-refractivity contribution is 5.87. The zero-order chi connectivity index (χ0) is 24.2. The third-order valence-electron chi connectivity index (χ3n) is 5.82. The summed E-state index contributed by atoms with van der Waals surface area (Å²) in [5.74, 6) is -1.39. The van der Waals surface area contributed by atoms with Crippen molar-refractivity contribution in [3.8, 4) is 11.5 Å². The van der Waals surface area contributed by atoms with Crippen molar-refractivity contribution < 1.29 is 27.8 Å². The molecule has 0 aliphatic carbocycles. The summed E-state index contributed by atoms with van der Waals surface area (Å²) in [6.07, 6.45) is 3.61. The lowest BCUT2D eigenvalue weighted by molar-refractivity contribution is -0.117. The van der Waals surface area contributed by atoms with Crippen LogP contribution in [0.25, 0.3) is 11.0 Å². The number of carbonyl (C=O) groups is 1. The van der Waals surface area contributed by atoms with Crippen molar-refractivity contribution in [2.24, 2.45) is 0 Å². The van der Waals surface area contributed by atoms with Crippen molar-refractivity contribution in [3.05, 3.63) is 60.3 Å². The van der Waals surface area contributed by atoms with E-state index in [1.54, 1.807) is 22.9 Å². The number of methoxy groups -OCH3 is 2. The van der Waals surface area contributed by atoms with Crippen molar-refractivity contribution in [2.75, 3.05) is 32.8 Å². The Balaban J connectivity index is 1.57. The molecule has 0 bridgehead atoms. The molecule has 1 fully saturated rings. The van der Waals surface area contributed by atoms with Gasteiger partial charge in [-0.1, -0.05) is 6.58 Å². The van der Waals surface area contributed by atoms with Crippen LogP contribution in [0.15, 0.2) is 43.1 Å². The molecule has 0 spiro atoms. The fraction of sp³-hybridized carbons (Fsp3) is 0.333. The van der Waals surface area contributed by atoms with E-state index in [2.05, 4.69) is 22.2 Å². The average molecular weight is 472 g/mol. The Hall–Kier alpha value is -3.66. The second kappa shape index (κ2) is 10.1. The molecule has 2 atom stereocenters. The smallest absolute Gasteiger partial charge is 0.243 e. The van der Waals surface area contributed by atoms with E-state index in [1.165, 1.54) is 26.4 Å². The lowest BCUT2D eigenvalue weighted by Crippen LogP contribution is -2.52. The van der Waals surface area contributed by atoms with Crippen LogP contribution in [-0.2, 0) is 16.1 Å². The second-order valence-electron chi connectivity index (χ2n) is 7.87. The lowest BCUT2D eigenvalue weighted by atomic mass is 10.0. The summed E-state index contributed by atoms with van der Waals surface area (Å²) in [5.41, 5.74) is 1.17. The first kappa shape index (κ1) is 23.5. The van der Waals surface area contributed by atoms with Gasteiger partial charge in [0.15, 0.2) is 23.1 Å². The Morgan fingerprint density at radius 3 is 2.65 bits per heavy atom. The van der Waals surface area contributed by atoms with E-state index in [-0.39, 0.29) is 41.6 Å². The number of amides is 1. The quantitative estimate of drug-likeness (QED) is 0.490. The fourth-order valence-electron chi connectivity index (χ4n) is 4.02. The van der Waals surface area contributed by atoms with Gasteiger partial charge in [-0.25, -0.2) is 13.8 Å². The van der Waals surface area contributed by atoms with Gasteiger partial charge in [-0.3, -0.25) is 4.79 Å². The maximum absolute atomic E-state index is 14.8. The molecule has 180 valence electrons. The number of pyridine rings is 1. The van der Waals surface area contributed by atoms with E-state index in [9.17, 15) is 13.6 Å². The van der Waals surface area contributed by atoms with Gasteiger partial charge in [0.05, 0.1) is 56.1 Å². The maximum atomic E-state index is 14.8. The summed E-state index contributed by atoms with van der Waals surface area (Å²) in [6.45, 7) is 4.39. The van der Waals surface area contributed by atoms with Crippen LogP contribution in [-0.4, -0.2) is 55.0 Å². The number of halogens is 2. The van der Waals surface area contributed by atoms with E-state index < -0.39 is 11.6 Å². The molecular weight excluding hydrogens is 446 g/mol. The van der Waals surface area contributed by atoms with Gasteiger partial charge in [0.1, 0.15) is 5.82 Å². The van der Waals surface area contributed by atoms with E-state index >= 15 is 0 Å². The number of benzene rings is 1. The largest absolute Gasteiger partial charge is 0.494 e. The number of ether oxygens (including phenoxy) is 3. The molecule has 10 heteroatoms. The molecule has 34 heavy (non-hydrogen) atoms. The molecule has 8 nitrogen and oxygen atoms in total. The standard InChI is InChI=1S/C24H26F2N4O4/c1-4-22(31)29-15-8-10-34-13-17(15)28-21-6-5-18-16(27-21)7-9-30(18)12-14-23(25)19(32-2)11-20(33-3)24(14)26/h4-7,9,11,15,17H,1,8,10,12-13H2,2-3H3,(H,27,28)(H,29,31). The number of fused-ring (bicyclic) bond motifs is 1. The molecule has 3 heterocycles. The van der Waals surface area contributed by atoms with E-state index in [0.29, 0.717) is 36.5 Å². The van der Waals surface area contributed by atoms with E-state index in [1.807, 2.05) is 6.07 Å². The number of carbonyl (C=O) groups excluding carboxylic acids is 1. The van der Waals surface area contributed by atoms with Crippen LogP contribution in [0, 0.1) is 11.6 Å². The third kappa shape index (κ3) is 4.67. The molecule has 1 aliphatic heterocycles. The van der Waals surface area contributed by atoms with Gasteiger partial charge in [-0.2, -0.15) is 0 Å². The van der Waals surface area contributed by atoms with Crippen molar-refractivity contribution in [1.29, 1.82) is 0 Å². The Kier molecular flexibility index (Phi) is 6.97. The molecule has 1 saturated heterocycles. The van der Waals surface area contributed by atoms with Crippen LogP contribution < -0.4 is 20.1 Å². The topological polar surface area (TPSA) is 86.6 Å². The summed E-state index contributed by atoms with van der Waals surface area (Å²) < 4.78 is 46.9. The van der Waals surface area contributed by atoms with Crippen LogP contribution in [0.3, 0.4) is 0 Å². The molecule has 0 saturated carbocycles. The second-order valence-corrected chi connectivity index (χ2v) is 7.87. The number of nitrogens with zero attached hydrogens (tertiary/aromatic N) is 2. The average Bonchev–Trinajstić information content (AvgIpc) is 3.25. The normalized spacial score (nSPS) is 17.9. The SMILES string of the molecule is C=CC(=O)NC1CCOCC1Nc1ccc2c(ccn2Cc2c(F)c(OC)cc(OC)c2F)n1. The highest BCUT2D eigenvalue weighted by atomic mass is 19.1. The lowest BCUT2D eigenvalue weighted by Gasteiger charge is -2.32. The van der Waals surface area contributed by atoms with Crippen LogP contribution in [0.5, 0.6) is 11.5 Å². The van der Waals surface area contributed by atoms with Gasteiger partial charge in [-0.05, 0) is 30.7 Å². The molecule has 2 N–H and O–H groups in total. The number of anilines is 1. The predicted octanol–water partition coefficient (Wildman–Crippen LogP) is 3.25. The van der Waals surface area contributed by atoms with Gasteiger partial charge in [-0.15, -0.1) is 0 Å². The van der Waals surface area contributed by atoms with Gasteiger partial charge in [0.25, 0.3) is 0 Å². The minimum absolute atomic E-state index is 0.0741.